The van der Waals surface area contributed by atoms with Gasteiger partial charge in [0.1, 0.15) is 11.6 Å². The van der Waals surface area contributed by atoms with Gasteiger partial charge < -0.3 is 5.73 Å². The van der Waals surface area contributed by atoms with E-state index in [1.807, 2.05) is 0 Å². The molecule has 4 heteroatoms. The van der Waals surface area contributed by atoms with Crippen molar-refractivity contribution in [2.45, 2.75) is 6.04 Å². The van der Waals surface area contributed by atoms with Crippen LogP contribution >= 0.6 is 15.9 Å². The van der Waals surface area contributed by atoms with Crippen molar-refractivity contribution in [1.29, 1.82) is 0 Å². The van der Waals surface area contributed by atoms with Crippen molar-refractivity contribution in [1.82, 2.24) is 0 Å². The second kappa shape index (κ2) is 4.94. The predicted molar refractivity (Wildman–Crippen MR) is 66.5 cm³/mol. The molecule has 88 valence electrons. The fourth-order valence-electron chi connectivity index (χ4n) is 1.60. The Kier molecular flexibility index (Phi) is 3.54. The zero-order valence-electron chi connectivity index (χ0n) is 8.83. The Balaban J connectivity index is 2.36. The van der Waals surface area contributed by atoms with E-state index in [2.05, 4.69) is 15.9 Å². The molecule has 0 saturated carbocycles. The highest BCUT2D eigenvalue weighted by Crippen LogP contribution is 2.24. The van der Waals surface area contributed by atoms with Crippen LogP contribution in [-0.4, -0.2) is 0 Å². The predicted octanol–water partition coefficient (Wildman–Crippen LogP) is 3.78. The Morgan fingerprint density at radius 2 is 1.71 bits per heavy atom. The zero-order chi connectivity index (χ0) is 12.4. The Morgan fingerprint density at radius 1 is 1.00 bits per heavy atom. The van der Waals surface area contributed by atoms with Crippen LogP contribution in [0.15, 0.2) is 46.9 Å². The van der Waals surface area contributed by atoms with Gasteiger partial charge >= 0.3 is 0 Å². The van der Waals surface area contributed by atoms with Crippen molar-refractivity contribution >= 4 is 15.9 Å². The molecule has 1 unspecified atom stereocenters. The maximum atomic E-state index is 13.4. The quantitative estimate of drug-likeness (QED) is 0.897. The Morgan fingerprint density at radius 3 is 2.35 bits per heavy atom. The molecule has 0 amide bonds. The van der Waals surface area contributed by atoms with Crippen LogP contribution in [0.25, 0.3) is 0 Å². The summed E-state index contributed by atoms with van der Waals surface area (Å²) in [5, 5.41) is 0. The first-order chi connectivity index (χ1) is 8.08. The van der Waals surface area contributed by atoms with Gasteiger partial charge in [-0.1, -0.05) is 18.2 Å². The number of benzene rings is 2. The van der Waals surface area contributed by atoms with Crippen molar-refractivity contribution in [3.63, 3.8) is 0 Å². The summed E-state index contributed by atoms with van der Waals surface area (Å²) in [6, 6.07) is 10.1. The molecule has 0 fully saturated rings. The molecule has 0 radical (unpaired) electrons. The Bertz CT molecular complexity index is 543. The Labute approximate surface area is 106 Å². The lowest BCUT2D eigenvalue weighted by Crippen LogP contribution is -2.12. The third kappa shape index (κ3) is 2.70. The monoisotopic (exact) mass is 297 g/mol. The standard InChI is InChI=1S/C13H10BrF2N/c14-11-5-4-9(7-12(11)16)13(17)8-2-1-3-10(15)6-8/h1-7,13H,17H2. The first-order valence-electron chi connectivity index (χ1n) is 5.04. The Hall–Kier alpha value is -1.26. The number of hydrogen-bond acceptors (Lipinski definition) is 1. The topological polar surface area (TPSA) is 26.0 Å². The molecule has 0 saturated heterocycles. The van der Waals surface area contributed by atoms with Crippen LogP contribution in [0.3, 0.4) is 0 Å². The van der Waals surface area contributed by atoms with Crippen molar-refractivity contribution in [2.24, 2.45) is 5.73 Å². The van der Waals surface area contributed by atoms with Gasteiger partial charge in [0, 0.05) is 0 Å². The molecule has 2 N–H and O–H groups in total. The fraction of sp³-hybridized carbons (Fsp3) is 0.0769. The van der Waals surface area contributed by atoms with Crippen LogP contribution in [0.1, 0.15) is 17.2 Å². The number of nitrogens with two attached hydrogens (primary N) is 1. The van der Waals surface area contributed by atoms with Crippen LogP contribution in [0.5, 0.6) is 0 Å². The molecule has 0 spiro atoms. The summed E-state index contributed by atoms with van der Waals surface area (Å²) in [5.74, 6) is -0.732. The van der Waals surface area contributed by atoms with E-state index in [0.717, 1.165) is 0 Å². The molecule has 2 rings (SSSR count). The van der Waals surface area contributed by atoms with Crippen LogP contribution in [0.2, 0.25) is 0 Å². The van der Waals surface area contributed by atoms with Crippen molar-refractivity contribution < 1.29 is 8.78 Å². The van der Waals surface area contributed by atoms with Crippen LogP contribution < -0.4 is 5.73 Å². The molecule has 1 nitrogen and oxygen atoms in total. The minimum absolute atomic E-state index is 0.351. The van der Waals surface area contributed by atoms with E-state index in [9.17, 15) is 8.78 Å². The van der Waals surface area contributed by atoms with Crippen LogP contribution in [0.4, 0.5) is 8.78 Å². The third-order valence-corrected chi connectivity index (χ3v) is 3.15. The molecular weight excluding hydrogens is 288 g/mol. The van der Waals surface area contributed by atoms with Gasteiger partial charge in [0.25, 0.3) is 0 Å². The average molecular weight is 298 g/mol. The second-order valence-corrected chi connectivity index (χ2v) is 4.56. The van der Waals surface area contributed by atoms with Gasteiger partial charge in [-0.25, -0.2) is 8.78 Å². The van der Waals surface area contributed by atoms with Gasteiger partial charge in [0.2, 0.25) is 0 Å². The average Bonchev–Trinajstić information content (AvgIpc) is 2.32. The normalized spacial score (nSPS) is 12.5. The molecule has 1 atom stereocenters. The van der Waals surface area contributed by atoms with Crippen molar-refractivity contribution in [3.8, 4) is 0 Å². The number of rotatable bonds is 2. The third-order valence-electron chi connectivity index (χ3n) is 2.51. The summed E-state index contributed by atoms with van der Waals surface area (Å²) in [4.78, 5) is 0. The minimum Gasteiger partial charge on any atom is -0.320 e. The lowest BCUT2D eigenvalue weighted by atomic mass is 9.99. The first kappa shape index (κ1) is 12.2. The maximum Gasteiger partial charge on any atom is 0.137 e. The highest BCUT2D eigenvalue weighted by molar-refractivity contribution is 9.10. The molecule has 0 aliphatic heterocycles. The fourth-order valence-corrected chi connectivity index (χ4v) is 1.84. The largest absolute Gasteiger partial charge is 0.320 e. The molecule has 0 aliphatic rings. The first-order valence-corrected chi connectivity index (χ1v) is 5.83. The second-order valence-electron chi connectivity index (χ2n) is 3.71. The summed E-state index contributed by atoms with van der Waals surface area (Å²) >= 11 is 3.07. The lowest BCUT2D eigenvalue weighted by Gasteiger charge is -2.13. The van der Waals surface area contributed by atoms with Gasteiger partial charge in [0.15, 0.2) is 0 Å². The SMILES string of the molecule is NC(c1cccc(F)c1)c1ccc(Br)c(F)c1. The smallest absolute Gasteiger partial charge is 0.137 e. The number of hydrogen-bond donors (Lipinski definition) is 1. The van der Waals surface area contributed by atoms with E-state index < -0.39 is 6.04 Å². The summed E-state index contributed by atoms with van der Waals surface area (Å²) in [5.41, 5.74) is 7.18. The highest BCUT2D eigenvalue weighted by Gasteiger charge is 2.11. The molecule has 0 bridgehead atoms. The van der Waals surface area contributed by atoms with E-state index in [1.165, 1.54) is 18.2 Å². The molecule has 0 aliphatic carbocycles. The van der Waals surface area contributed by atoms with Gasteiger partial charge in [-0.15, -0.1) is 0 Å². The van der Waals surface area contributed by atoms with Gasteiger partial charge in [-0.2, -0.15) is 0 Å². The molecule has 17 heavy (non-hydrogen) atoms. The van der Waals surface area contributed by atoms with Gasteiger partial charge in [-0.05, 0) is 51.3 Å². The van der Waals surface area contributed by atoms with Crippen LogP contribution in [-0.2, 0) is 0 Å². The summed E-state index contributed by atoms with van der Waals surface area (Å²) in [6.45, 7) is 0. The molecule has 0 heterocycles. The molecular formula is C13H10BrF2N. The van der Waals surface area contributed by atoms with E-state index in [-0.39, 0.29) is 11.6 Å². The summed E-state index contributed by atoms with van der Waals surface area (Å²) < 4.78 is 26.8. The van der Waals surface area contributed by atoms with E-state index in [4.69, 9.17) is 5.73 Å². The molecule has 2 aromatic rings. The lowest BCUT2D eigenvalue weighted by molar-refractivity contribution is 0.615. The van der Waals surface area contributed by atoms with Crippen LogP contribution in [0, 0.1) is 11.6 Å². The molecule has 2 aromatic carbocycles. The highest BCUT2D eigenvalue weighted by atomic mass is 79.9. The number of halogens is 3. The molecule has 0 aromatic heterocycles. The maximum absolute atomic E-state index is 13.4. The van der Waals surface area contributed by atoms with E-state index in [0.29, 0.717) is 15.6 Å². The van der Waals surface area contributed by atoms with Gasteiger partial charge in [0.05, 0.1) is 10.5 Å². The summed E-state index contributed by atoms with van der Waals surface area (Å²) in [6.07, 6.45) is 0. The van der Waals surface area contributed by atoms with Crippen molar-refractivity contribution in [2.75, 3.05) is 0 Å². The minimum atomic E-state index is -0.534. The van der Waals surface area contributed by atoms with Crippen molar-refractivity contribution in [3.05, 3.63) is 69.7 Å². The van der Waals surface area contributed by atoms with E-state index >= 15 is 0 Å². The van der Waals surface area contributed by atoms with Gasteiger partial charge in [-0.3, -0.25) is 0 Å². The zero-order valence-corrected chi connectivity index (χ0v) is 10.4. The van der Waals surface area contributed by atoms with E-state index in [1.54, 1.807) is 24.3 Å². The summed E-state index contributed by atoms with van der Waals surface area (Å²) in [7, 11) is 0.